The Kier molecular flexibility index (Phi) is 7.38. The average molecular weight is 336 g/mol. The van der Waals surface area contributed by atoms with Gasteiger partial charge in [-0.25, -0.2) is 4.79 Å². The molecule has 0 fully saturated rings. The minimum Gasteiger partial charge on any atom is -0.480 e. The molecule has 0 bridgehead atoms. The van der Waals surface area contributed by atoms with Gasteiger partial charge < -0.3 is 20.5 Å². The van der Waals surface area contributed by atoms with E-state index in [2.05, 4.69) is 10.6 Å². The van der Waals surface area contributed by atoms with E-state index in [-0.39, 0.29) is 30.4 Å². The standard InChI is InChI=1S/C17H24N2O5/c1-17(2,3)11-19-16(23)13-6-4-12(5-7-13)15(22)18-8-9-24-10-14(20)21/h4-7H,8-11H2,1-3H3,(H,18,22)(H,19,23)(H,20,21). The molecule has 0 aliphatic rings. The predicted molar refractivity (Wildman–Crippen MR) is 89.0 cm³/mol. The van der Waals surface area contributed by atoms with E-state index in [1.54, 1.807) is 24.3 Å². The molecule has 1 aromatic rings. The van der Waals surface area contributed by atoms with Crippen molar-refractivity contribution in [2.75, 3.05) is 26.3 Å². The number of rotatable bonds is 8. The zero-order valence-corrected chi connectivity index (χ0v) is 14.2. The molecule has 24 heavy (non-hydrogen) atoms. The molecule has 7 heteroatoms. The number of carboxylic acid groups (broad SMARTS) is 1. The highest BCUT2D eigenvalue weighted by Gasteiger charge is 2.13. The molecule has 0 spiro atoms. The summed E-state index contributed by atoms with van der Waals surface area (Å²) in [6.07, 6.45) is 0. The number of hydrogen-bond acceptors (Lipinski definition) is 4. The van der Waals surface area contributed by atoms with Crippen LogP contribution >= 0.6 is 0 Å². The van der Waals surface area contributed by atoms with Crippen LogP contribution in [-0.4, -0.2) is 49.2 Å². The van der Waals surface area contributed by atoms with E-state index in [4.69, 9.17) is 9.84 Å². The van der Waals surface area contributed by atoms with Crippen molar-refractivity contribution >= 4 is 17.8 Å². The number of carbonyl (C=O) groups is 3. The lowest BCUT2D eigenvalue weighted by atomic mass is 9.97. The minimum atomic E-state index is -1.05. The first-order chi connectivity index (χ1) is 11.2. The molecular weight excluding hydrogens is 312 g/mol. The summed E-state index contributed by atoms with van der Waals surface area (Å²) in [7, 11) is 0. The molecule has 0 saturated carbocycles. The first-order valence-corrected chi connectivity index (χ1v) is 7.65. The van der Waals surface area contributed by atoms with Gasteiger partial charge in [-0.2, -0.15) is 0 Å². The Morgan fingerprint density at radius 3 is 1.96 bits per heavy atom. The van der Waals surface area contributed by atoms with Gasteiger partial charge >= 0.3 is 5.97 Å². The number of nitrogens with one attached hydrogen (secondary N) is 2. The summed E-state index contributed by atoms with van der Waals surface area (Å²) in [6, 6.07) is 6.32. The van der Waals surface area contributed by atoms with Crippen LogP contribution in [0.3, 0.4) is 0 Å². The molecule has 132 valence electrons. The van der Waals surface area contributed by atoms with Crippen LogP contribution in [0.2, 0.25) is 0 Å². The molecule has 0 aromatic heterocycles. The molecule has 0 aliphatic heterocycles. The van der Waals surface area contributed by atoms with E-state index in [0.717, 1.165) is 0 Å². The van der Waals surface area contributed by atoms with E-state index in [9.17, 15) is 14.4 Å². The van der Waals surface area contributed by atoms with Crippen molar-refractivity contribution in [2.45, 2.75) is 20.8 Å². The molecule has 0 aliphatic carbocycles. The first kappa shape index (κ1) is 19.6. The number of amides is 2. The molecular formula is C17H24N2O5. The van der Waals surface area contributed by atoms with Gasteiger partial charge in [-0.1, -0.05) is 20.8 Å². The number of carboxylic acids is 1. The van der Waals surface area contributed by atoms with Crippen LogP contribution in [0.1, 0.15) is 41.5 Å². The fourth-order valence-electron chi connectivity index (χ4n) is 1.72. The van der Waals surface area contributed by atoms with Crippen molar-refractivity contribution < 1.29 is 24.2 Å². The van der Waals surface area contributed by atoms with Crippen LogP contribution in [0.4, 0.5) is 0 Å². The van der Waals surface area contributed by atoms with E-state index in [1.807, 2.05) is 20.8 Å². The number of aliphatic carboxylic acids is 1. The van der Waals surface area contributed by atoms with Gasteiger partial charge in [0.1, 0.15) is 6.61 Å². The lowest BCUT2D eigenvalue weighted by Gasteiger charge is -2.18. The van der Waals surface area contributed by atoms with Gasteiger partial charge in [0.2, 0.25) is 0 Å². The highest BCUT2D eigenvalue weighted by molar-refractivity contribution is 5.97. The molecule has 0 unspecified atom stereocenters. The second kappa shape index (κ2) is 9.02. The van der Waals surface area contributed by atoms with Crippen molar-refractivity contribution in [3.63, 3.8) is 0 Å². The number of ether oxygens (including phenoxy) is 1. The Labute approximate surface area is 141 Å². The van der Waals surface area contributed by atoms with Gasteiger partial charge in [0.25, 0.3) is 11.8 Å². The molecule has 1 aromatic carbocycles. The van der Waals surface area contributed by atoms with Gasteiger partial charge in [-0.15, -0.1) is 0 Å². The minimum absolute atomic E-state index is 0.00179. The Morgan fingerprint density at radius 2 is 1.50 bits per heavy atom. The first-order valence-electron chi connectivity index (χ1n) is 7.65. The van der Waals surface area contributed by atoms with E-state index >= 15 is 0 Å². The maximum Gasteiger partial charge on any atom is 0.329 e. The van der Waals surface area contributed by atoms with Gasteiger partial charge in [0, 0.05) is 24.2 Å². The smallest absolute Gasteiger partial charge is 0.329 e. The fourth-order valence-corrected chi connectivity index (χ4v) is 1.72. The number of benzene rings is 1. The maximum absolute atomic E-state index is 12.0. The third-order valence-electron chi connectivity index (χ3n) is 2.95. The summed E-state index contributed by atoms with van der Waals surface area (Å²) in [5.74, 6) is -1.55. The number of carbonyl (C=O) groups excluding carboxylic acids is 2. The largest absolute Gasteiger partial charge is 0.480 e. The van der Waals surface area contributed by atoms with E-state index in [1.165, 1.54) is 0 Å². The molecule has 7 nitrogen and oxygen atoms in total. The monoisotopic (exact) mass is 336 g/mol. The van der Waals surface area contributed by atoms with Crippen molar-refractivity contribution in [3.05, 3.63) is 35.4 Å². The van der Waals surface area contributed by atoms with Crippen molar-refractivity contribution in [2.24, 2.45) is 5.41 Å². The van der Waals surface area contributed by atoms with Crippen LogP contribution in [0.15, 0.2) is 24.3 Å². The second-order valence-corrected chi connectivity index (χ2v) is 6.52. The third kappa shape index (κ3) is 7.73. The second-order valence-electron chi connectivity index (χ2n) is 6.52. The molecule has 0 atom stereocenters. The zero-order chi connectivity index (χ0) is 18.2. The predicted octanol–water partition coefficient (Wildman–Crippen LogP) is 1.29. The lowest BCUT2D eigenvalue weighted by molar-refractivity contribution is -0.142. The summed E-state index contributed by atoms with van der Waals surface area (Å²) < 4.78 is 4.82. The molecule has 0 saturated heterocycles. The van der Waals surface area contributed by atoms with E-state index < -0.39 is 12.6 Å². The Hall–Kier alpha value is -2.41. The molecule has 1 rings (SSSR count). The maximum atomic E-state index is 12.0. The highest BCUT2D eigenvalue weighted by Crippen LogP contribution is 2.11. The summed E-state index contributed by atoms with van der Waals surface area (Å²) in [4.78, 5) is 34.2. The topological polar surface area (TPSA) is 105 Å². The molecule has 3 N–H and O–H groups in total. The quantitative estimate of drug-likeness (QED) is 0.621. The van der Waals surface area contributed by atoms with Crippen LogP contribution < -0.4 is 10.6 Å². The Balaban J connectivity index is 2.44. The Bertz CT molecular complexity index is 576. The lowest BCUT2D eigenvalue weighted by Crippen LogP contribution is -2.32. The third-order valence-corrected chi connectivity index (χ3v) is 2.95. The van der Waals surface area contributed by atoms with Crippen molar-refractivity contribution in [1.29, 1.82) is 0 Å². The van der Waals surface area contributed by atoms with Crippen LogP contribution in [-0.2, 0) is 9.53 Å². The summed E-state index contributed by atoms with van der Waals surface area (Å²) in [5.41, 5.74) is 0.902. The Morgan fingerprint density at radius 1 is 1.00 bits per heavy atom. The molecule has 0 radical (unpaired) electrons. The number of hydrogen-bond donors (Lipinski definition) is 3. The van der Waals surface area contributed by atoms with E-state index in [0.29, 0.717) is 17.7 Å². The zero-order valence-electron chi connectivity index (χ0n) is 14.2. The highest BCUT2D eigenvalue weighted by atomic mass is 16.5. The van der Waals surface area contributed by atoms with Gasteiger partial charge in [-0.3, -0.25) is 9.59 Å². The SMILES string of the molecule is CC(C)(C)CNC(=O)c1ccc(C(=O)NCCOCC(=O)O)cc1. The average Bonchev–Trinajstić information content (AvgIpc) is 2.51. The summed E-state index contributed by atoms with van der Waals surface area (Å²) in [6.45, 7) is 6.58. The molecule has 2 amide bonds. The van der Waals surface area contributed by atoms with Crippen molar-refractivity contribution in [3.8, 4) is 0 Å². The normalized spacial score (nSPS) is 11.0. The summed E-state index contributed by atoms with van der Waals surface area (Å²) >= 11 is 0. The molecule has 0 heterocycles. The van der Waals surface area contributed by atoms with Gasteiger partial charge in [0.15, 0.2) is 0 Å². The van der Waals surface area contributed by atoms with Gasteiger partial charge in [0.05, 0.1) is 6.61 Å². The van der Waals surface area contributed by atoms with Crippen LogP contribution in [0, 0.1) is 5.41 Å². The van der Waals surface area contributed by atoms with Crippen molar-refractivity contribution in [1.82, 2.24) is 10.6 Å². The van der Waals surface area contributed by atoms with Gasteiger partial charge in [-0.05, 0) is 29.7 Å². The van der Waals surface area contributed by atoms with Crippen LogP contribution in [0.5, 0.6) is 0 Å². The summed E-state index contributed by atoms with van der Waals surface area (Å²) in [5, 5.41) is 13.9. The van der Waals surface area contributed by atoms with Crippen LogP contribution in [0.25, 0.3) is 0 Å². The fraction of sp³-hybridized carbons (Fsp3) is 0.471.